The van der Waals surface area contributed by atoms with Crippen LogP contribution < -0.4 is 0 Å². The summed E-state index contributed by atoms with van der Waals surface area (Å²) >= 11 is 0. The van der Waals surface area contributed by atoms with E-state index >= 15 is 0 Å². The smallest absolute Gasteiger partial charge is 0.0343 e. The van der Waals surface area contributed by atoms with E-state index < -0.39 is 0 Å². The summed E-state index contributed by atoms with van der Waals surface area (Å²) in [4.78, 5) is 4.32. The first-order valence-electron chi connectivity index (χ1n) is 7.94. The van der Waals surface area contributed by atoms with E-state index in [1.165, 1.54) is 63.4 Å². The van der Waals surface area contributed by atoms with Crippen LogP contribution in [-0.2, 0) is 0 Å². The van der Waals surface area contributed by atoms with Gasteiger partial charge in [0.25, 0.3) is 0 Å². The zero-order valence-electron chi connectivity index (χ0n) is 12.1. The highest BCUT2D eigenvalue weighted by molar-refractivity contribution is 5.71. The summed E-state index contributed by atoms with van der Waals surface area (Å²) in [5.41, 5.74) is 5.44. The third-order valence-corrected chi connectivity index (χ3v) is 5.07. The van der Waals surface area contributed by atoms with Gasteiger partial charge in [0.15, 0.2) is 0 Å². The zero-order chi connectivity index (χ0) is 13.1. The summed E-state index contributed by atoms with van der Waals surface area (Å²) in [6.45, 7) is 2.29. The normalized spacial score (nSPS) is 20.9. The number of pyridine rings is 1. The Labute approximate surface area is 117 Å². The van der Waals surface area contributed by atoms with Gasteiger partial charge in [-0.05, 0) is 61.1 Å². The van der Waals surface area contributed by atoms with Gasteiger partial charge in [-0.15, -0.1) is 0 Å². The van der Waals surface area contributed by atoms with E-state index in [0.29, 0.717) is 5.41 Å². The van der Waals surface area contributed by atoms with Crippen LogP contribution >= 0.6 is 0 Å². The maximum absolute atomic E-state index is 4.32. The molecule has 1 heteroatoms. The third kappa shape index (κ3) is 2.61. The van der Waals surface area contributed by atoms with Crippen LogP contribution in [0.5, 0.6) is 0 Å². The molecule has 1 nitrogen and oxygen atoms in total. The van der Waals surface area contributed by atoms with Crippen molar-refractivity contribution < 1.29 is 0 Å². The predicted molar refractivity (Wildman–Crippen MR) is 80.8 cm³/mol. The molecule has 0 aromatic carbocycles. The third-order valence-electron chi connectivity index (χ3n) is 5.07. The molecule has 0 atom stereocenters. The maximum atomic E-state index is 4.32. The molecule has 1 spiro atoms. The van der Waals surface area contributed by atoms with Crippen LogP contribution in [-0.4, -0.2) is 4.98 Å². The van der Waals surface area contributed by atoms with Crippen LogP contribution in [0.3, 0.4) is 0 Å². The number of hydrogen-bond acceptors (Lipinski definition) is 1. The first-order chi connectivity index (χ1) is 9.33. The van der Waals surface area contributed by atoms with Crippen molar-refractivity contribution in [2.75, 3.05) is 0 Å². The van der Waals surface area contributed by atoms with E-state index in [1.807, 2.05) is 6.20 Å². The summed E-state index contributed by atoms with van der Waals surface area (Å²) in [7, 11) is 0. The first-order valence-corrected chi connectivity index (χ1v) is 7.94. The highest BCUT2D eigenvalue weighted by Gasteiger charge is 2.43. The van der Waals surface area contributed by atoms with Gasteiger partial charge in [0.05, 0.1) is 0 Å². The molecule has 102 valence electrons. The van der Waals surface area contributed by atoms with Crippen molar-refractivity contribution in [3.63, 3.8) is 0 Å². The monoisotopic (exact) mass is 255 g/mol. The van der Waals surface area contributed by atoms with Gasteiger partial charge >= 0.3 is 0 Å². The molecule has 0 N–H and O–H groups in total. The lowest BCUT2D eigenvalue weighted by molar-refractivity contribution is 0.151. The molecule has 19 heavy (non-hydrogen) atoms. The molecular formula is C18H25N. The van der Waals surface area contributed by atoms with E-state index in [0.717, 1.165) is 0 Å². The maximum Gasteiger partial charge on any atom is 0.0343 e. The topological polar surface area (TPSA) is 12.9 Å². The Bertz CT molecular complexity index is 454. The fraction of sp³-hybridized carbons (Fsp3) is 0.611. The Balaban J connectivity index is 1.80. The van der Waals surface area contributed by atoms with Crippen LogP contribution in [0.15, 0.2) is 30.1 Å². The Morgan fingerprint density at radius 3 is 2.74 bits per heavy atom. The molecule has 0 aliphatic heterocycles. The van der Waals surface area contributed by atoms with Crippen molar-refractivity contribution in [2.45, 2.75) is 64.7 Å². The molecule has 0 unspecified atom stereocenters. The quantitative estimate of drug-likeness (QED) is 0.644. The van der Waals surface area contributed by atoms with E-state index in [1.54, 1.807) is 11.1 Å². The molecule has 2 aliphatic carbocycles. The summed E-state index contributed by atoms with van der Waals surface area (Å²) in [6, 6.07) is 4.33. The molecule has 0 bridgehead atoms. The van der Waals surface area contributed by atoms with Gasteiger partial charge in [0.1, 0.15) is 0 Å². The van der Waals surface area contributed by atoms with Gasteiger partial charge in [0, 0.05) is 12.4 Å². The zero-order valence-corrected chi connectivity index (χ0v) is 12.1. The molecule has 1 saturated carbocycles. The molecule has 1 heterocycles. The van der Waals surface area contributed by atoms with Crippen LogP contribution in [0.1, 0.15) is 70.3 Å². The molecule has 1 aromatic rings. The minimum atomic E-state index is 0.659. The Morgan fingerprint density at radius 2 is 2.11 bits per heavy atom. The second-order valence-electron chi connectivity index (χ2n) is 6.49. The molecule has 1 aromatic heterocycles. The van der Waals surface area contributed by atoms with Crippen molar-refractivity contribution in [2.24, 2.45) is 5.41 Å². The molecular weight excluding hydrogens is 230 g/mol. The SMILES string of the molecule is CCCCCC1=C(c2cccnc2)CC2(CCC2)C1. The summed E-state index contributed by atoms with van der Waals surface area (Å²) in [6.07, 6.45) is 16.4. The Hall–Kier alpha value is -1.11. The van der Waals surface area contributed by atoms with Gasteiger partial charge in [-0.25, -0.2) is 0 Å². The van der Waals surface area contributed by atoms with Gasteiger partial charge < -0.3 is 0 Å². The predicted octanol–water partition coefficient (Wildman–Crippen LogP) is 5.38. The lowest BCUT2D eigenvalue weighted by Crippen LogP contribution is -2.26. The van der Waals surface area contributed by atoms with Crippen LogP contribution in [0.2, 0.25) is 0 Å². The number of hydrogen-bond donors (Lipinski definition) is 0. The average molecular weight is 255 g/mol. The number of nitrogens with zero attached hydrogens (tertiary/aromatic N) is 1. The Morgan fingerprint density at radius 1 is 1.21 bits per heavy atom. The fourth-order valence-corrected chi connectivity index (χ4v) is 3.83. The highest BCUT2D eigenvalue weighted by atomic mass is 14.6. The van der Waals surface area contributed by atoms with Gasteiger partial charge in [-0.3, -0.25) is 4.98 Å². The van der Waals surface area contributed by atoms with Crippen molar-refractivity contribution in [3.8, 4) is 0 Å². The molecule has 3 rings (SSSR count). The number of aromatic nitrogens is 1. The average Bonchev–Trinajstić information content (AvgIpc) is 2.80. The summed E-state index contributed by atoms with van der Waals surface area (Å²) in [5, 5.41) is 0. The van der Waals surface area contributed by atoms with Gasteiger partial charge in [0.2, 0.25) is 0 Å². The molecule has 0 radical (unpaired) electrons. The van der Waals surface area contributed by atoms with Gasteiger partial charge in [-0.1, -0.05) is 37.8 Å². The van der Waals surface area contributed by atoms with E-state index in [2.05, 4.69) is 30.2 Å². The van der Waals surface area contributed by atoms with Crippen molar-refractivity contribution in [3.05, 3.63) is 35.7 Å². The number of allylic oxidation sites excluding steroid dienone is 2. The highest BCUT2D eigenvalue weighted by Crippen LogP contribution is 2.58. The lowest BCUT2D eigenvalue weighted by Gasteiger charge is -2.39. The van der Waals surface area contributed by atoms with Crippen LogP contribution in [0.4, 0.5) is 0 Å². The van der Waals surface area contributed by atoms with Gasteiger partial charge in [-0.2, -0.15) is 0 Å². The van der Waals surface area contributed by atoms with E-state index in [-0.39, 0.29) is 0 Å². The molecule has 2 aliphatic rings. The van der Waals surface area contributed by atoms with Crippen molar-refractivity contribution in [1.29, 1.82) is 0 Å². The fourth-order valence-electron chi connectivity index (χ4n) is 3.83. The van der Waals surface area contributed by atoms with Crippen molar-refractivity contribution in [1.82, 2.24) is 4.98 Å². The molecule has 0 saturated heterocycles. The second kappa shape index (κ2) is 5.48. The Kier molecular flexibility index (Phi) is 3.72. The minimum Gasteiger partial charge on any atom is -0.264 e. The number of rotatable bonds is 5. The van der Waals surface area contributed by atoms with Crippen molar-refractivity contribution >= 4 is 5.57 Å². The van der Waals surface area contributed by atoms with E-state index in [4.69, 9.17) is 0 Å². The molecule has 0 amide bonds. The first kappa shape index (κ1) is 12.9. The van der Waals surface area contributed by atoms with Crippen LogP contribution in [0.25, 0.3) is 5.57 Å². The minimum absolute atomic E-state index is 0.659. The standard InChI is InChI=1S/C18H25N/c1-2-3-4-7-15-12-18(9-6-10-18)13-17(15)16-8-5-11-19-14-16/h5,8,11,14H,2-4,6-7,9-10,12-13H2,1H3. The lowest BCUT2D eigenvalue weighted by atomic mass is 9.66. The second-order valence-corrected chi connectivity index (χ2v) is 6.49. The molecule has 1 fully saturated rings. The summed E-state index contributed by atoms with van der Waals surface area (Å²) < 4.78 is 0. The van der Waals surface area contributed by atoms with Crippen LogP contribution in [0, 0.1) is 5.41 Å². The van der Waals surface area contributed by atoms with E-state index in [9.17, 15) is 0 Å². The summed E-state index contributed by atoms with van der Waals surface area (Å²) in [5.74, 6) is 0. The largest absolute Gasteiger partial charge is 0.264 e. The number of unbranched alkanes of at least 4 members (excludes halogenated alkanes) is 2.